The average Bonchev–Trinajstić information content (AvgIpc) is 2.53. The Labute approximate surface area is 75.8 Å². The average molecular weight is 184 g/mol. The summed E-state index contributed by atoms with van der Waals surface area (Å²) in [4.78, 5) is 15.1. The van der Waals surface area contributed by atoms with Crippen LogP contribution in [-0.2, 0) is 11.3 Å². The number of hydrogen-bond acceptors (Lipinski definition) is 3. The van der Waals surface area contributed by atoms with Crippen molar-refractivity contribution in [3.63, 3.8) is 0 Å². The molecule has 0 aromatic carbocycles. The highest BCUT2D eigenvalue weighted by Gasteiger charge is 1.99. The normalized spacial score (nSPS) is 9.75. The van der Waals surface area contributed by atoms with Gasteiger partial charge >= 0.3 is 0 Å². The Balaban J connectivity index is 2.22. The lowest BCUT2D eigenvalue weighted by molar-refractivity contribution is -0.121. The molecule has 3 nitrogen and oxygen atoms in total. The number of amides is 1. The number of thiazole rings is 1. The largest absolute Gasteiger partial charge is 0.350 e. The molecule has 1 rings (SSSR count). The van der Waals surface area contributed by atoms with E-state index in [4.69, 9.17) is 0 Å². The van der Waals surface area contributed by atoms with Gasteiger partial charge in [-0.3, -0.25) is 4.79 Å². The van der Waals surface area contributed by atoms with Crippen LogP contribution in [0.1, 0.15) is 24.8 Å². The van der Waals surface area contributed by atoms with E-state index in [1.165, 1.54) is 0 Å². The maximum absolute atomic E-state index is 11.0. The predicted molar refractivity (Wildman–Crippen MR) is 48.9 cm³/mol. The molecule has 66 valence electrons. The van der Waals surface area contributed by atoms with E-state index < -0.39 is 0 Å². The summed E-state index contributed by atoms with van der Waals surface area (Å²) in [6.45, 7) is 2.56. The van der Waals surface area contributed by atoms with Crippen molar-refractivity contribution in [2.24, 2.45) is 0 Å². The van der Waals surface area contributed by atoms with Gasteiger partial charge in [-0.2, -0.15) is 0 Å². The van der Waals surface area contributed by atoms with E-state index in [0.29, 0.717) is 13.0 Å². The summed E-state index contributed by atoms with van der Waals surface area (Å²) in [7, 11) is 0. The topological polar surface area (TPSA) is 42.0 Å². The number of aromatic nitrogens is 1. The summed E-state index contributed by atoms with van der Waals surface area (Å²) in [5, 5.41) is 5.66. The lowest BCUT2D eigenvalue weighted by atomic mass is 10.3. The second-order valence-corrected chi connectivity index (χ2v) is 3.43. The van der Waals surface area contributed by atoms with E-state index >= 15 is 0 Å². The fourth-order valence-corrected chi connectivity index (χ4v) is 1.39. The predicted octanol–water partition coefficient (Wildman–Crippen LogP) is 1.56. The fourth-order valence-electron chi connectivity index (χ4n) is 0.830. The van der Waals surface area contributed by atoms with Crippen LogP contribution in [0.4, 0.5) is 0 Å². The van der Waals surface area contributed by atoms with E-state index in [-0.39, 0.29) is 5.91 Å². The third kappa shape index (κ3) is 3.00. The van der Waals surface area contributed by atoms with Crippen LogP contribution in [0, 0.1) is 0 Å². The van der Waals surface area contributed by atoms with E-state index in [0.717, 1.165) is 11.4 Å². The zero-order valence-electron chi connectivity index (χ0n) is 7.04. The van der Waals surface area contributed by atoms with Crippen molar-refractivity contribution in [1.29, 1.82) is 0 Å². The Bertz CT molecular complexity index is 233. The van der Waals surface area contributed by atoms with Crippen molar-refractivity contribution < 1.29 is 4.79 Å². The molecule has 12 heavy (non-hydrogen) atoms. The van der Waals surface area contributed by atoms with Crippen molar-refractivity contribution in [3.8, 4) is 0 Å². The molecule has 1 N–H and O–H groups in total. The molecular formula is C8H12N2OS. The molecular weight excluding hydrogens is 172 g/mol. The highest BCUT2D eigenvalue weighted by molar-refractivity contribution is 7.09. The summed E-state index contributed by atoms with van der Waals surface area (Å²) >= 11 is 1.56. The molecule has 0 atom stereocenters. The third-order valence-electron chi connectivity index (χ3n) is 1.40. The van der Waals surface area contributed by atoms with Gasteiger partial charge in [0.15, 0.2) is 0 Å². The molecule has 0 spiro atoms. The van der Waals surface area contributed by atoms with Gasteiger partial charge in [0.1, 0.15) is 5.01 Å². The summed E-state index contributed by atoms with van der Waals surface area (Å²) in [6.07, 6.45) is 3.24. The van der Waals surface area contributed by atoms with E-state index in [1.807, 2.05) is 12.3 Å². The second-order valence-electron chi connectivity index (χ2n) is 2.45. The molecule has 1 aromatic heterocycles. The minimum absolute atomic E-state index is 0.104. The molecule has 1 aromatic rings. The minimum atomic E-state index is 0.104. The molecule has 0 saturated carbocycles. The first-order valence-electron chi connectivity index (χ1n) is 3.98. The standard InChI is InChI=1S/C8H12N2OS/c1-2-3-7(11)10-6-8-9-4-5-12-8/h4-5H,2-3,6H2,1H3,(H,10,11). The fraction of sp³-hybridized carbons (Fsp3) is 0.500. The summed E-state index contributed by atoms with van der Waals surface area (Å²) in [6, 6.07) is 0. The summed E-state index contributed by atoms with van der Waals surface area (Å²) in [5.74, 6) is 0.104. The lowest BCUT2D eigenvalue weighted by Crippen LogP contribution is -2.21. The SMILES string of the molecule is CCCC(=O)NCc1nccs1. The highest BCUT2D eigenvalue weighted by atomic mass is 32.1. The number of nitrogens with one attached hydrogen (secondary N) is 1. The van der Waals surface area contributed by atoms with Crippen LogP contribution in [0.25, 0.3) is 0 Å². The minimum Gasteiger partial charge on any atom is -0.350 e. The maximum atomic E-state index is 11.0. The van der Waals surface area contributed by atoms with Crippen molar-refractivity contribution in [1.82, 2.24) is 10.3 Å². The lowest BCUT2D eigenvalue weighted by Gasteiger charge is -1.99. The molecule has 0 radical (unpaired) electrons. The maximum Gasteiger partial charge on any atom is 0.220 e. The first-order valence-corrected chi connectivity index (χ1v) is 4.86. The van der Waals surface area contributed by atoms with E-state index in [9.17, 15) is 4.79 Å². The Morgan fingerprint density at radius 3 is 3.17 bits per heavy atom. The van der Waals surface area contributed by atoms with Gasteiger partial charge in [-0.05, 0) is 6.42 Å². The van der Waals surface area contributed by atoms with E-state index in [1.54, 1.807) is 17.5 Å². The summed E-state index contributed by atoms with van der Waals surface area (Å²) < 4.78 is 0. The molecule has 0 aliphatic heterocycles. The van der Waals surface area contributed by atoms with Crippen LogP contribution in [-0.4, -0.2) is 10.9 Å². The number of nitrogens with zero attached hydrogens (tertiary/aromatic N) is 1. The van der Waals surface area contributed by atoms with E-state index in [2.05, 4.69) is 10.3 Å². The third-order valence-corrected chi connectivity index (χ3v) is 2.18. The second kappa shape index (κ2) is 4.87. The van der Waals surface area contributed by atoms with Gasteiger partial charge in [-0.25, -0.2) is 4.98 Å². The first kappa shape index (κ1) is 9.19. The van der Waals surface area contributed by atoms with Gasteiger partial charge in [0, 0.05) is 18.0 Å². The van der Waals surface area contributed by atoms with Crippen molar-refractivity contribution >= 4 is 17.2 Å². The van der Waals surface area contributed by atoms with Crippen molar-refractivity contribution in [2.75, 3.05) is 0 Å². The molecule has 1 amide bonds. The van der Waals surface area contributed by atoms with Crippen LogP contribution in [0.2, 0.25) is 0 Å². The number of carbonyl (C=O) groups is 1. The first-order chi connectivity index (χ1) is 5.83. The Hall–Kier alpha value is -0.900. The monoisotopic (exact) mass is 184 g/mol. The van der Waals surface area contributed by atoms with Crippen molar-refractivity contribution in [2.45, 2.75) is 26.3 Å². The van der Waals surface area contributed by atoms with Gasteiger partial charge < -0.3 is 5.32 Å². The van der Waals surface area contributed by atoms with Crippen LogP contribution in [0.15, 0.2) is 11.6 Å². The Kier molecular flexibility index (Phi) is 3.73. The van der Waals surface area contributed by atoms with Gasteiger partial charge in [0.2, 0.25) is 5.91 Å². The Morgan fingerprint density at radius 1 is 1.75 bits per heavy atom. The number of rotatable bonds is 4. The zero-order valence-corrected chi connectivity index (χ0v) is 7.86. The molecule has 0 fully saturated rings. The Morgan fingerprint density at radius 2 is 2.58 bits per heavy atom. The smallest absolute Gasteiger partial charge is 0.220 e. The molecule has 0 aliphatic rings. The molecule has 0 saturated heterocycles. The quantitative estimate of drug-likeness (QED) is 0.771. The molecule has 1 heterocycles. The summed E-state index contributed by atoms with van der Waals surface area (Å²) in [5.41, 5.74) is 0. The molecule has 0 aliphatic carbocycles. The number of hydrogen-bond donors (Lipinski definition) is 1. The van der Waals surface area contributed by atoms with Crippen LogP contribution >= 0.6 is 11.3 Å². The van der Waals surface area contributed by atoms with Crippen LogP contribution in [0.3, 0.4) is 0 Å². The highest BCUT2D eigenvalue weighted by Crippen LogP contribution is 2.02. The molecule has 0 unspecified atom stereocenters. The van der Waals surface area contributed by atoms with Gasteiger partial charge in [-0.15, -0.1) is 11.3 Å². The van der Waals surface area contributed by atoms with Crippen LogP contribution < -0.4 is 5.32 Å². The van der Waals surface area contributed by atoms with Crippen LogP contribution in [0.5, 0.6) is 0 Å². The van der Waals surface area contributed by atoms with Crippen molar-refractivity contribution in [3.05, 3.63) is 16.6 Å². The number of carbonyl (C=O) groups excluding carboxylic acids is 1. The zero-order chi connectivity index (χ0) is 8.81. The van der Waals surface area contributed by atoms with Gasteiger partial charge in [-0.1, -0.05) is 6.92 Å². The van der Waals surface area contributed by atoms with Gasteiger partial charge in [0.05, 0.1) is 6.54 Å². The molecule has 4 heteroatoms. The van der Waals surface area contributed by atoms with Gasteiger partial charge in [0.25, 0.3) is 0 Å². The molecule has 0 bridgehead atoms.